The van der Waals surface area contributed by atoms with Gasteiger partial charge in [-0.15, -0.1) is 0 Å². The predicted molar refractivity (Wildman–Crippen MR) is 90.9 cm³/mol. The number of ether oxygens (including phenoxy) is 1. The Balaban J connectivity index is 1.56. The van der Waals surface area contributed by atoms with Gasteiger partial charge in [0.15, 0.2) is 0 Å². The van der Waals surface area contributed by atoms with Crippen LogP contribution in [0.2, 0.25) is 0 Å². The second kappa shape index (κ2) is 7.57. The number of aromatic nitrogens is 2. The van der Waals surface area contributed by atoms with E-state index in [4.69, 9.17) is 4.74 Å². The van der Waals surface area contributed by atoms with Crippen LogP contribution in [-0.4, -0.2) is 58.6 Å². The van der Waals surface area contributed by atoms with E-state index in [9.17, 15) is 4.79 Å². The van der Waals surface area contributed by atoms with Gasteiger partial charge in [0.05, 0.1) is 6.10 Å². The number of hydrogen-bond donors (Lipinski definition) is 0. The van der Waals surface area contributed by atoms with E-state index in [0.29, 0.717) is 0 Å². The van der Waals surface area contributed by atoms with Crippen LogP contribution in [0, 0.1) is 0 Å². The number of aryl methyl sites for hydroxylation is 1. The van der Waals surface area contributed by atoms with Gasteiger partial charge in [-0.3, -0.25) is 4.79 Å². The zero-order chi connectivity index (χ0) is 16.2. The summed E-state index contributed by atoms with van der Waals surface area (Å²) in [6, 6.07) is 0. The van der Waals surface area contributed by atoms with Gasteiger partial charge in [-0.25, -0.2) is 4.98 Å². The van der Waals surface area contributed by atoms with E-state index < -0.39 is 0 Å². The molecule has 0 saturated carbocycles. The molecule has 0 radical (unpaired) electrons. The SMILES string of the molecule is CCc1nsc(N2CCCN(C(=O)[C@@H]3CC[C@H](CC)O3)CC2)n1. The molecule has 0 bridgehead atoms. The van der Waals surface area contributed by atoms with Crippen LogP contribution in [0.1, 0.15) is 45.4 Å². The first-order valence-electron chi connectivity index (χ1n) is 8.73. The van der Waals surface area contributed by atoms with E-state index in [1.807, 2.05) is 4.90 Å². The summed E-state index contributed by atoms with van der Waals surface area (Å²) in [6.45, 7) is 7.51. The summed E-state index contributed by atoms with van der Waals surface area (Å²) < 4.78 is 10.2. The van der Waals surface area contributed by atoms with Crippen molar-refractivity contribution in [2.24, 2.45) is 0 Å². The fraction of sp³-hybridized carbons (Fsp3) is 0.812. The molecule has 2 fully saturated rings. The molecule has 3 rings (SSSR count). The molecular weight excluding hydrogens is 312 g/mol. The smallest absolute Gasteiger partial charge is 0.251 e. The van der Waals surface area contributed by atoms with Crippen molar-refractivity contribution < 1.29 is 9.53 Å². The van der Waals surface area contributed by atoms with Gasteiger partial charge in [0.1, 0.15) is 11.9 Å². The number of carbonyl (C=O) groups excluding carboxylic acids is 1. The van der Waals surface area contributed by atoms with Crippen LogP contribution in [0.25, 0.3) is 0 Å². The standard InChI is InChI=1S/C16H26N4O2S/c1-3-12-6-7-13(22-12)15(21)19-8-5-9-20(11-10-19)16-17-14(4-2)18-23-16/h12-13H,3-11H2,1-2H3/t12-,13-/m0/s1. The average molecular weight is 338 g/mol. The highest BCUT2D eigenvalue weighted by Gasteiger charge is 2.33. The van der Waals surface area contributed by atoms with Crippen molar-refractivity contribution >= 4 is 22.6 Å². The lowest BCUT2D eigenvalue weighted by molar-refractivity contribution is -0.142. The van der Waals surface area contributed by atoms with Crippen LogP contribution in [0.15, 0.2) is 0 Å². The molecular formula is C16H26N4O2S. The molecule has 0 aromatic carbocycles. The van der Waals surface area contributed by atoms with Gasteiger partial charge in [0, 0.05) is 44.1 Å². The Morgan fingerprint density at radius 1 is 1.26 bits per heavy atom. The van der Waals surface area contributed by atoms with Crippen LogP contribution in [0.5, 0.6) is 0 Å². The Kier molecular flexibility index (Phi) is 5.48. The molecule has 1 amide bonds. The van der Waals surface area contributed by atoms with Crippen LogP contribution in [0.4, 0.5) is 5.13 Å². The molecule has 2 aliphatic rings. The average Bonchev–Trinajstić information content (AvgIpc) is 3.18. The first kappa shape index (κ1) is 16.6. The molecule has 0 aliphatic carbocycles. The molecule has 0 spiro atoms. The molecule has 3 heterocycles. The van der Waals surface area contributed by atoms with Crippen molar-refractivity contribution in [1.82, 2.24) is 14.3 Å². The Morgan fingerprint density at radius 2 is 2.13 bits per heavy atom. The minimum atomic E-state index is -0.222. The molecule has 6 nitrogen and oxygen atoms in total. The summed E-state index contributed by atoms with van der Waals surface area (Å²) in [4.78, 5) is 21.5. The van der Waals surface area contributed by atoms with Crippen molar-refractivity contribution in [3.8, 4) is 0 Å². The summed E-state index contributed by atoms with van der Waals surface area (Å²) in [7, 11) is 0. The van der Waals surface area contributed by atoms with Gasteiger partial charge < -0.3 is 14.5 Å². The highest BCUT2D eigenvalue weighted by Crippen LogP contribution is 2.24. The van der Waals surface area contributed by atoms with E-state index in [-0.39, 0.29) is 18.1 Å². The zero-order valence-corrected chi connectivity index (χ0v) is 14.8. The lowest BCUT2D eigenvalue weighted by Gasteiger charge is -2.24. The van der Waals surface area contributed by atoms with E-state index in [1.165, 1.54) is 11.5 Å². The van der Waals surface area contributed by atoms with Crippen LogP contribution in [-0.2, 0) is 16.0 Å². The minimum absolute atomic E-state index is 0.175. The summed E-state index contributed by atoms with van der Waals surface area (Å²) in [5.74, 6) is 1.08. The highest BCUT2D eigenvalue weighted by atomic mass is 32.1. The topological polar surface area (TPSA) is 58.6 Å². The van der Waals surface area contributed by atoms with E-state index >= 15 is 0 Å². The molecule has 0 unspecified atom stereocenters. The second-order valence-corrected chi connectivity index (χ2v) is 6.98. The molecule has 2 saturated heterocycles. The number of rotatable bonds is 4. The van der Waals surface area contributed by atoms with Gasteiger partial charge >= 0.3 is 0 Å². The fourth-order valence-corrected chi connectivity index (χ4v) is 4.04. The van der Waals surface area contributed by atoms with Crippen LogP contribution < -0.4 is 4.90 Å². The van der Waals surface area contributed by atoms with Gasteiger partial charge in [-0.05, 0) is 25.7 Å². The van der Waals surface area contributed by atoms with Crippen molar-refractivity contribution in [2.75, 3.05) is 31.1 Å². The Morgan fingerprint density at radius 3 is 2.83 bits per heavy atom. The number of carbonyl (C=O) groups is 1. The first-order chi connectivity index (χ1) is 11.2. The third-order valence-electron chi connectivity index (χ3n) is 4.69. The molecule has 2 atom stereocenters. The third-order valence-corrected chi connectivity index (χ3v) is 5.50. The summed E-state index contributed by atoms with van der Waals surface area (Å²) in [5.41, 5.74) is 0. The quantitative estimate of drug-likeness (QED) is 0.841. The molecule has 1 aromatic heterocycles. The van der Waals surface area contributed by atoms with E-state index in [0.717, 1.165) is 69.2 Å². The Bertz CT molecular complexity index is 536. The monoisotopic (exact) mass is 338 g/mol. The maximum atomic E-state index is 12.7. The van der Waals surface area contributed by atoms with Gasteiger partial charge in [-0.1, -0.05) is 13.8 Å². The van der Waals surface area contributed by atoms with Gasteiger partial charge in [-0.2, -0.15) is 4.37 Å². The Hall–Kier alpha value is -1.21. The summed E-state index contributed by atoms with van der Waals surface area (Å²) >= 11 is 1.46. The maximum absolute atomic E-state index is 12.7. The largest absolute Gasteiger partial charge is 0.365 e. The lowest BCUT2D eigenvalue weighted by atomic mass is 10.1. The highest BCUT2D eigenvalue weighted by molar-refractivity contribution is 7.09. The van der Waals surface area contributed by atoms with Crippen molar-refractivity contribution in [3.05, 3.63) is 5.82 Å². The number of amides is 1. The molecule has 1 aromatic rings. The molecule has 7 heteroatoms. The minimum Gasteiger partial charge on any atom is -0.365 e. The number of nitrogens with zero attached hydrogens (tertiary/aromatic N) is 4. The first-order valence-corrected chi connectivity index (χ1v) is 9.50. The lowest BCUT2D eigenvalue weighted by Crippen LogP contribution is -2.41. The van der Waals surface area contributed by atoms with Gasteiger partial charge in [0.2, 0.25) is 5.13 Å². The number of anilines is 1. The normalized spacial score (nSPS) is 25.7. The molecule has 23 heavy (non-hydrogen) atoms. The number of hydrogen-bond acceptors (Lipinski definition) is 6. The Labute approximate surface area is 142 Å². The van der Waals surface area contributed by atoms with Crippen molar-refractivity contribution in [1.29, 1.82) is 0 Å². The second-order valence-electron chi connectivity index (χ2n) is 6.24. The third kappa shape index (κ3) is 3.83. The summed E-state index contributed by atoms with van der Waals surface area (Å²) in [6.07, 6.45) is 4.75. The molecule has 2 aliphatic heterocycles. The van der Waals surface area contributed by atoms with Crippen molar-refractivity contribution in [3.63, 3.8) is 0 Å². The molecule has 128 valence electrons. The van der Waals surface area contributed by atoms with E-state index in [2.05, 4.69) is 28.1 Å². The predicted octanol–water partition coefficient (Wildman–Crippen LogP) is 2.10. The van der Waals surface area contributed by atoms with E-state index in [1.54, 1.807) is 0 Å². The van der Waals surface area contributed by atoms with Crippen LogP contribution in [0.3, 0.4) is 0 Å². The van der Waals surface area contributed by atoms with Crippen molar-refractivity contribution in [2.45, 2.75) is 58.2 Å². The van der Waals surface area contributed by atoms with Gasteiger partial charge in [0.25, 0.3) is 5.91 Å². The summed E-state index contributed by atoms with van der Waals surface area (Å²) in [5, 5.41) is 0.985. The fourth-order valence-electron chi connectivity index (χ4n) is 3.24. The molecule has 0 N–H and O–H groups in total. The maximum Gasteiger partial charge on any atom is 0.251 e. The van der Waals surface area contributed by atoms with Crippen LogP contribution >= 0.6 is 11.5 Å². The zero-order valence-electron chi connectivity index (χ0n) is 14.0.